The Bertz CT molecular complexity index is 1810. The summed E-state index contributed by atoms with van der Waals surface area (Å²) in [5, 5.41) is 4.62. The van der Waals surface area contributed by atoms with Gasteiger partial charge in [0.1, 0.15) is 11.2 Å². The molecule has 0 spiro atoms. The zero-order valence-electron chi connectivity index (χ0n) is 22.8. The smallest absolute Gasteiger partial charge is 0.208 e. The van der Waals surface area contributed by atoms with E-state index in [9.17, 15) is 4.79 Å². The SMILES string of the molecule is O=C1C(=Cc2ccccc2-c2cn(C(c3ccccc3)(c3ccccc3)c3ccccc3)cn2)CCn2ncc(Cl)c21. The number of benzene rings is 4. The molecule has 3 heterocycles. The van der Waals surface area contributed by atoms with Crippen LogP contribution in [0.4, 0.5) is 0 Å². The number of allylic oxidation sites excluding steroid dienone is 1. The molecule has 1 aliphatic rings. The third-order valence-corrected chi connectivity index (χ3v) is 8.28. The van der Waals surface area contributed by atoms with Gasteiger partial charge in [0.25, 0.3) is 0 Å². The number of Topliss-reactive ketones (excluding diaryl/α,β-unsaturated/α-hetero) is 1. The summed E-state index contributed by atoms with van der Waals surface area (Å²) in [5.74, 6) is -0.0830. The van der Waals surface area contributed by atoms with E-state index in [1.54, 1.807) is 4.68 Å². The lowest BCUT2D eigenvalue weighted by atomic mass is 9.77. The molecule has 2 aromatic heterocycles. The van der Waals surface area contributed by atoms with Crippen LogP contribution in [0.25, 0.3) is 17.3 Å². The van der Waals surface area contributed by atoms with Gasteiger partial charge in [-0.15, -0.1) is 0 Å². The Morgan fingerprint density at radius 3 is 1.95 bits per heavy atom. The average Bonchev–Trinajstić information content (AvgIpc) is 3.69. The predicted molar refractivity (Wildman–Crippen MR) is 166 cm³/mol. The van der Waals surface area contributed by atoms with Crippen molar-refractivity contribution in [2.75, 3.05) is 0 Å². The summed E-state index contributed by atoms with van der Waals surface area (Å²) in [5.41, 5.74) is 6.59. The molecule has 5 nitrogen and oxygen atoms in total. The van der Waals surface area contributed by atoms with Crippen LogP contribution >= 0.6 is 11.6 Å². The number of fused-ring (bicyclic) bond motifs is 1. The number of halogens is 1. The van der Waals surface area contributed by atoms with Gasteiger partial charge in [-0.25, -0.2) is 4.98 Å². The van der Waals surface area contributed by atoms with Crippen molar-refractivity contribution in [3.63, 3.8) is 0 Å². The second kappa shape index (κ2) is 10.8. The van der Waals surface area contributed by atoms with Gasteiger partial charge in [0.15, 0.2) is 0 Å². The molecule has 204 valence electrons. The van der Waals surface area contributed by atoms with Gasteiger partial charge in [-0.05, 0) is 34.8 Å². The fourth-order valence-electron chi connectivity index (χ4n) is 6.06. The van der Waals surface area contributed by atoms with Gasteiger partial charge in [0, 0.05) is 23.9 Å². The number of hydrogen-bond acceptors (Lipinski definition) is 3. The summed E-state index contributed by atoms with van der Waals surface area (Å²) in [4.78, 5) is 18.3. The molecule has 0 saturated heterocycles. The number of carbonyl (C=O) groups is 1. The number of hydrogen-bond donors (Lipinski definition) is 0. The Hall–Kier alpha value is -5.00. The first-order chi connectivity index (χ1) is 20.7. The second-order valence-corrected chi connectivity index (χ2v) is 10.8. The van der Waals surface area contributed by atoms with Crippen molar-refractivity contribution in [2.24, 2.45) is 0 Å². The molecule has 0 bridgehead atoms. The molecule has 0 aliphatic carbocycles. The zero-order valence-corrected chi connectivity index (χ0v) is 23.5. The summed E-state index contributed by atoms with van der Waals surface area (Å²) < 4.78 is 3.89. The summed E-state index contributed by atoms with van der Waals surface area (Å²) in [7, 11) is 0. The molecule has 0 amide bonds. The largest absolute Gasteiger partial charge is 0.318 e. The Morgan fingerprint density at radius 2 is 1.33 bits per heavy atom. The van der Waals surface area contributed by atoms with Crippen LogP contribution in [0.15, 0.2) is 140 Å². The number of aryl methyl sites for hydroxylation is 1. The maximum atomic E-state index is 13.3. The summed E-state index contributed by atoms with van der Waals surface area (Å²) >= 11 is 6.30. The predicted octanol–water partition coefficient (Wildman–Crippen LogP) is 7.91. The molecule has 0 atom stereocenters. The Balaban J connectivity index is 1.38. The Morgan fingerprint density at radius 1 is 0.762 bits per heavy atom. The van der Waals surface area contributed by atoms with Gasteiger partial charge in [0.05, 0.1) is 23.2 Å². The Labute approximate surface area is 249 Å². The van der Waals surface area contributed by atoms with Crippen molar-refractivity contribution in [3.05, 3.63) is 173 Å². The maximum absolute atomic E-state index is 13.3. The highest BCUT2D eigenvalue weighted by atomic mass is 35.5. The molecule has 1 aliphatic heterocycles. The first-order valence-corrected chi connectivity index (χ1v) is 14.3. The highest BCUT2D eigenvalue weighted by molar-refractivity contribution is 6.34. The van der Waals surface area contributed by atoms with E-state index in [-0.39, 0.29) is 5.78 Å². The molecule has 7 rings (SSSR count). The molecule has 0 fully saturated rings. The van der Waals surface area contributed by atoms with Gasteiger partial charge in [0.2, 0.25) is 5.78 Å². The highest BCUT2D eigenvalue weighted by Crippen LogP contribution is 2.41. The topological polar surface area (TPSA) is 52.7 Å². The lowest BCUT2D eigenvalue weighted by molar-refractivity contribution is 0.101. The summed E-state index contributed by atoms with van der Waals surface area (Å²) in [6.45, 7) is 0.615. The van der Waals surface area contributed by atoms with Gasteiger partial charge in [-0.3, -0.25) is 9.48 Å². The van der Waals surface area contributed by atoms with Crippen molar-refractivity contribution >= 4 is 23.5 Å². The average molecular weight is 567 g/mol. The molecule has 0 radical (unpaired) electrons. The van der Waals surface area contributed by atoms with E-state index in [2.05, 4.69) is 94.7 Å². The molecule has 6 heteroatoms. The maximum Gasteiger partial charge on any atom is 0.208 e. The van der Waals surface area contributed by atoms with Crippen LogP contribution in [0.5, 0.6) is 0 Å². The molecule has 0 saturated carbocycles. The molecular formula is C36H27ClN4O. The number of nitrogens with zero attached hydrogens (tertiary/aromatic N) is 4. The third kappa shape index (κ3) is 4.30. The molecule has 4 aromatic carbocycles. The van der Waals surface area contributed by atoms with Crippen LogP contribution in [-0.4, -0.2) is 25.1 Å². The molecule has 0 unspecified atom stereocenters. The van der Waals surface area contributed by atoms with E-state index in [0.29, 0.717) is 29.3 Å². The lowest BCUT2D eigenvalue weighted by Crippen LogP contribution is -2.36. The van der Waals surface area contributed by atoms with E-state index < -0.39 is 5.54 Å². The van der Waals surface area contributed by atoms with E-state index >= 15 is 0 Å². The normalized spacial score (nSPS) is 14.2. The van der Waals surface area contributed by atoms with Crippen molar-refractivity contribution in [1.29, 1.82) is 0 Å². The van der Waals surface area contributed by atoms with Crippen LogP contribution < -0.4 is 0 Å². The number of imidazole rings is 1. The number of aromatic nitrogens is 4. The van der Waals surface area contributed by atoms with Crippen LogP contribution in [0, 0.1) is 0 Å². The van der Waals surface area contributed by atoms with E-state index in [4.69, 9.17) is 16.6 Å². The second-order valence-electron chi connectivity index (χ2n) is 10.4. The molecule has 6 aromatic rings. The van der Waals surface area contributed by atoms with Crippen molar-refractivity contribution in [3.8, 4) is 11.3 Å². The summed E-state index contributed by atoms with van der Waals surface area (Å²) in [6.07, 6.45) is 8.13. The first kappa shape index (κ1) is 25.9. The van der Waals surface area contributed by atoms with E-state index in [1.165, 1.54) is 6.20 Å². The first-order valence-electron chi connectivity index (χ1n) is 13.9. The van der Waals surface area contributed by atoms with Crippen LogP contribution in [0.2, 0.25) is 5.02 Å². The van der Waals surface area contributed by atoms with E-state index in [0.717, 1.165) is 33.5 Å². The van der Waals surface area contributed by atoms with Crippen LogP contribution in [-0.2, 0) is 12.1 Å². The Kier molecular flexibility index (Phi) is 6.65. The minimum Gasteiger partial charge on any atom is -0.318 e. The zero-order chi connectivity index (χ0) is 28.5. The number of ketones is 1. The van der Waals surface area contributed by atoms with Gasteiger partial charge < -0.3 is 4.57 Å². The van der Waals surface area contributed by atoms with Gasteiger partial charge in [-0.1, -0.05) is 127 Å². The monoisotopic (exact) mass is 566 g/mol. The fourth-order valence-corrected chi connectivity index (χ4v) is 6.29. The number of carbonyl (C=O) groups excluding carboxylic acids is 1. The van der Waals surface area contributed by atoms with Crippen molar-refractivity contribution in [1.82, 2.24) is 19.3 Å². The van der Waals surface area contributed by atoms with Crippen LogP contribution in [0.3, 0.4) is 0 Å². The minimum absolute atomic E-state index is 0.0830. The fraction of sp³-hybridized carbons (Fsp3) is 0.0833. The lowest BCUT2D eigenvalue weighted by Gasteiger charge is -2.37. The molecular weight excluding hydrogens is 540 g/mol. The van der Waals surface area contributed by atoms with Crippen molar-refractivity contribution in [2.45, 2.75) is 18.5 Å². The minimum atomic E-state index is -0.656. The van der Waals surface area contributed by atoms with E-state index in [1.807, 2.05) is 48.8 Å². The standard InChI is InChI=1S/C36H27ClN4O/c37-32-23-39-41-21-20-27(35(42)34(32)41)22-26-12-10-11-19-31(26)33-24-40(25-38-33)36(28-13-4-1-5-14-28,29-15-6-2-7-16-29)30-17-8-3-9-18-30/h1-19,22-25H,20-21H2. The van der Waals surface area contributed by atoms with Crippen LogP contribution in [0.1, 0.15) is 39.2 Å². The van der Waals surface area contributed by atoms with Gasteiger partial charge >= 0.3 is 0 Å². The van der Waals surface area contributed by atoms with Gasteiger partial charge in [-0.2, -0.15) is 5.10 Å². The third-order valence-electron chi connectivity index (χ3n) is 8.01. The quantitative estimate of drug-likeness (QED) is 0.152. The van der Waals surface area contributed by atoms with Crippen molar-refractivity contribution < 1.29 is 4.79 Å². The molecule has 0 N–H and O–H groups in total. The number of rotatable bonds is 6. The highest BCUT2D eigenvalue weighted by Gasteiger charge is 2.38. The molecule has 42 heavy (non-hydrogen) atoms. The summed E-state index contributed by atoms with van der Waals surface area (Å²) in [6, 6.07) is 39.7.